The minimum Gasteiger partial charge on any atom is -0.504 e. The summed E-state index contributed by atoms with van der Waals surface area (Å²) < 4.78 is 9.97. The number of aromatic hydroxyl groups is 1. The molecule has 0 bridgehead atoms. The summed E-state index contributed by atoms with van der Waals surface area (Å²) in [4.78, 5) is 11.9. The molecule has 2 aromatic rings. The van der Waals surface area contributed by atoms with Gasteiger partial charge in [0.15, 0.2) is 11.5 Å². The van der Waals surface area contributed by atoms with Crippen LogP contribution < -0.4 is 14.9 Å². The second kappa shape index (κ2) is 7.12. The zero-order valence-electron chi connectivity index (χ0n) is 12.2. The van der Waals surface area contributed by atoms with Crippen LogP contribution in [0.2, 0.25) is 0 Å². The predicted molar refractivity (Wildman–Crippen MR) is 82.7 cm³/mol. The van der Waals surface area contributed by atoms with Gasteiger partial charge in [-0.05, 0) is 48.0 Å². The maximum absolute atomic E-state index is 11.9. The molecule has 0 aliphatic heterocycles. The number of hydrazone groups is 1. The van der Waals surface area contributed by atoms with Gasteiger partial charge in [-0.25, -0.2) is 5.43 Å². The molecule has 2 N–H and O–H groups in total. The predicted octanol–water partition coefficient (Wildman–Crippen LogP) is 2.17. The summed E-state index contributed by atoms with van der Waals surface area (Å²) in [6.45, 7) is 0. The van der Waals surface area contributed by atoms with E-state index in [9.17, 15) is 9.90 Å². The molecule has 0 spiro atoms. The van der Waals surface area contributed by atoms with Crippen molar-refractivity contribution < 1.29 is 19.4 Å². The van der Waals surface area contributed by atoms with Gasteiger partial charge < -0.3 is 14.6 Å². The Morgan fingerprint density at radius 2 is 1.86 bits per heavy atom. The molecular weight excluding hydrogens is 284 g/mol. The third-order valence-corrected chi connectivity index (χ3v) is 2.93. The van der Waals surface area contributed by atoms with Crippen LogP contribution in [-0.2, 0) is 0 Å². The molecular formula is C16H16N2O4. The lowest BCUT2D eigenvalue weighted by molar-refractivity contribution is 0.0955. The molecule has 0 aliphatic rings. The molecule has 0 atom stereocenters. The molecule has 2 rings (SSSR count). The fourth-order valence-electron chi connectivity index (χ4n) is 1.76. The van der Waals surface area contributed by atoms with E-state index in [-0.39, 0.29) is 11.7 Å². The second-order valence-electron chi connectivity index (χ2n) is 4.36. The van der Waals surface area contributed by atoms with Crippen molar-refractivity contribution in [1.29, 1.82) is 0 Å². The SMILES string of the molecule is COc1ccc(C(=O)N/N=C/c2ccc(OC)c(O)c2)cc1. The van der Waals surface area contributed by atoms with Crippen molar-refractivity contribution >= 4 is 12.1 Å². The van der Waals surface area contributed by atoms with E-state index in [1.807, 2.05) is 0 Å². The van der Waals surface area contributed by atoms with Gasteiger partial charge in [-0.15, -0.1) is 0 Å². The van der Waals surface area contributed by atoms with Crippen molar-refractivity contribution in [2.24, 2.45) is 5.10 Å². The Bertz CT molecular complexity index is 681. The van der Waals surface area contributed by atoms with E-state index in [0.717, 1.165) is 0 Å². The molecule has 0 saturated heterocycles. The fraction of sp³-hybridized carbons (Fsp3) is 0.125. The Balaban J connectivity index is 1.99. The molecule has 0 aliphatic carbocycles. The van der Waals surface area contributed by atoms with Gasteiger partial charge in [-0.2, -0.15) is 5.10 Å². The standard InChI is InChI=1S/C16H16N2O4/c1-21-13-6-4-12(5-7-13)16(20)18-17-10-11-3-8-15(22-2)14(19)9-11/h3-10,19H,1-2H3,(H,18,20)/b17-10+. The highest BCUT2D eigenvalue weighted by Crippen LogP contribution is 2.25. The summed E-state index contributed by atoms with van der Waals surface area (Å²) >= 11 is 0. The van der Waals surface area contributed by atoms with Gasteiger partial charge >= 0.3 is 0 Å². The van der Waals surface area contributed by atoms with Crippen molar-refractivity contribution in [2.45, 2.75) is 0 Å². The van der Waals surface area contributed by atoms with Gasteiger partial charge in [0, 0.05) is 5.56 Å². The molecule has 0 aromatic heterocycles. The maximum Gasteiger partial charge on any atom is 0.271 e. The third kappa shape index (κ3) is 3.76. The second-order valence-corrected chi connectivity index (χ2v) is 4.36. The highest BCUT2D eigenvalue weighted by Gasteiger charge is 2.04. The molecule has 0 fully saturated rings. The summed E-state index contributed by atoms with van der Waals surface area (Å²) in [6.07, 6.45) is 1.43. The van der Waals surface area contributed by atoms with E-state index in [1.165, 1.54) is 19.4 Å². The van der Waals surface area contributed by atoms with Crippen molar-refractivity contribution in [3.63, 3.8) is 0 Å². The lowest BCUT2D eigenvalue weighted by atomic mass is 10.2. The number of carbonyl (C=O) groups excluding carboxylic acids is 1. The molecule has 0 unspecified atom stereocenters. The number of ether oxygens (including phenoxy) is 2. The van der Waals surface area contributed by atoms with Gasteiger partial charge in [0.2, 0.25) is 0 Å². The number of rotatable bonds is 5. The molecule has 2 aromatic carbocycles. The van der Waals surface area contributed by atoms with Crippen LogP contribution in [0.1, 0.15) is 15.9 Å². The quantitative estimate of drug-likeness (QED) is 0.655. The van der Waals surface area contributed by atoms with Crippen LogP contribution in [0.15, 0.2) is 47.6 Å². The summed E-state index contributed by atoms with van der Waals surface area (Å²) in [7, 11) is 3.03. The monoisotopic (exact) mass is 300 g/mol. The Morgan fingerprint density at radius 1 is 1.14 bits per heavy atom. The van der Waals surface area contributed by atoms with Crippen LogP contribution in [0.5, 0.6) is 17.2 Å². The van der Waals surface area contributed by atoms with E-state index >= 15 is 0 Å². The average Bonchev–Trinajstić information content (AvgIpc) is 2.55. The molecule has 6 heteroatoms. The number of hydrogen-bond acceptors (Lipinski definition) is 5. The summed E-state index contributed by atoms with van der Waals surface area (Å²) in [5.74, 6) is 0.720. The average molecular weight is 300 g/mol. The lowest BCUT2D eigenvalue weighted by Crippen LogP contribution is -2.17. The fourth-order valence-corrected chi connectivity index (χ4v) is 1.76. The summed E-state index contributed by atoms with van der Waals surface area (Å²) in [5.41, 5.74) is 3.51. The Morgan fingerprint density at radius 3 is 2.45 bits per heavy atom. The van der Waals surface area contributed by atoms with E-state index < -0.39 is 0 Å². The van der Waals surface area contributed by atoms with Crippen LogP contribution in [-0.4, -0.2) is 31.4 Å². The third-order valence-electron chi connectivity index (χ3n) is 2.93. The Kier molecular flexibility index (Phi) is 4.98. The maximum atomic E-state index is 11.9. The minimum atomic E-state index is -0.336. The molecule has 6 nitrogen and oxygen atoms in total. The van der Waals surface area contributed by atoms with Crippen molar-refractivity contribution in [3.8, 4) is 17.2 Å². The van der Waals surface area contributed by atoms with Crippen molar-refractivity contribution in [2.75, 3.05) is 14.2 Å². The first-order valence-electron chi connectivity index (χ1n) is 6.48. The van der Waals surface area contributed by atoms with E-state index in [4.69, 9.17) is 9.47 Å². The van der Waals surface area contributed by atoms with Crippen LogP contribution in [0, 0.1) is 0 Å². The number of methoxy groups -OCH3 is 2. The number of carbonyl (C=O) groups is 1. The van der Waals surface area contributed by atoms with Gasteiger partial charge in [-0.1, -0.05) is 0 Å². The number of hydrogen-bond donors (Lipinski definition) is 2. The number of nitrogens with zero attached hydrogens (tertiary/aromatic N) is 1. The highest BCUT2D eigenvalue weighted by atomic mass is 16.5. The minimum absolute atomic E-state index is 0.00734. The summed E-state index contributed by atoms with van der Waals surface area (Å²) in [5, 5.41) is 13.5. The number of phenolic OH excluding ortho intramolecular Hbond substituents is 1. The summed E-state index contributed by atoms with van der Waals surface area (Å²) in [6, 6.07) is 11.5. The molecule has 114 valence electrons. The largest absolute Gasteiger partial charge is 0.504 e. The lowest BCUT2D eigenvalue weighted by Gasteiger charge is -2.03. The number of amides is 1. The highest BCUT2D eigenvalue weighted by molar-refractivity contribution is 5.95. The van der Waals surface area contributed by atoms with E-state index in [0.29, 0.717) is 22.6 Å². The smallest absolute Gasteiger partial charge is 0.271 e. The van der Waals surface area contributed by atoms with Crippen LogP contribution >= 0.6 is 0 Å². The molecule has 1 amide bonds. The first-order chi connectivity index (χ1) is 10.6. The first-order valence-corrected chi connectivity index (χ1v) is 6.48. The molecule has 0 radical (unpaired) electrons. The van der Waals surface area contributed by atoms with Gasteiger partial charge in [-0.3, -0.25) is 4.79 Å². The van der Waals surface area contributed by atoms with Gasteiger partial charge in [0.05, 0.1) is 20.4 Å². The van der Waals surface area contributed by atoms with E-state index in [1.54, 1.807) is 43.5 Å². The first kappa shape index (κ1) is 15.4. The van der Waals surface area contributed by atoms with Gasteiger partial charge in [0.25, 0.3) is 5.91 Å². The van der Waals surface area contributed by atoms with Crippen molar-refractivity contribution in [1.82, 2.24) is 5.43 Å². The Labute approximate surface area is 128 Å². The number of nitrogens with one attached hydrogen (secondary N) is 1. The van der Waals surface area contributed by atoms with Gasteiger partial charge in [0.1, 0.15) is 5.75 Å². The van der Waals surface area contributed by atoms with Crippen LogP contribution in [0.25, 0.3) is 0 Å². The van der Waals surface area contributed by atoms with E-state index in [2.05, 4.69) is 10.5 Å². The normalized spacial score (nSPS) is 10.5. The molecule has 22 heavy (non-hydrogen) atoms. The topological polar surface area (TPSA) is 80.2 Å². The van der Waals surface area contributed by atoms with Crippen LogP contribution in [0.4, 0.5) is 0 Å². The number of phenols is 1. The Hall–Kier alpha value is -3.02. The molecule has 0 saturated carbocycles. The zero-order valence-corrected chi connectivity index (χ0v) is 12.2. The van der Waals surface area contributed by atoms with Crippen LogP contribution in [0.3, 0.4) is 0 Å². The number of benzene rings is 2. The molecule has 0 heterocycles. The zero-order chi connectivity index (χ0) is 15.9. The van der Waals surface area contributed by atoms with Crippen molar-refractivity contribution in [3.05, 3.63) is 53.6 Å².